The molecular weight excluding hydrogens is 290 g/mol. The number of aromatic nitrogens is 1. The molecule has 1 aromatic heterocycles. The minimum atomic E-state index is -4.00. The normalized spacial score (nSPS) is 10.7. The van der Waals surface area contributed by atoms with Crippen LogP contribution < -0.4 is 4.72 Å². The molecule has 0 bridgehead atoms. The Labute approximate surface area is 122 Å². The van der Waals surface area contributed by atoms with Crippen LogP contribution >= 0.6 is 0 Å². The fourth-order valence-corrected chi connectivity index (χ4v) is 2.96. The average molecular weight is 301 g/mol. The first-order valence-corrected chi connectivity index (χ1v) is 7.42. The SMILES string of the molecule is CC(=O)c1ccccc1NS(=O)(=O)c1cccnc1C#N. The number of hydrogen-bond donors (Lipinski definition) is 1. The van der Waals surface area contributed by atoms with Crippen LogP contribution in [-0.4, -0.2) is 19.2 Å². The third-order valence-corrected chi connectivity index (χ3v) is 4.11. The highest BCUT2D eigenvalue weighted by Crippen LogP contribution is 2.21. The molecule has 0 fully saturated rings. The number of rotatable bonds is 4. The number of anilines is 1. The lowest BCUT2D eigenvalue weighted by atomic mass is 10.1. The maximum absolute atomic E-state index is 12.3. The van der Waals surface area contributed by atoms with E-state index in [1.165, 1.54) is 37.4 Å². The molecule has 1 N–H and O–H groups in total. The van der Waals surface area contributed by atoms with E-state index in [1.807, 2.05) is 0 Å². The van der Waals surface area contributed by atoms with E-state index >= 15 is 0 Å². The number of carbonyl (C=O) groups excluding carboxylic acids is 1. The van der Waals surface area contributed by atoms with Gasteiger partial charge in [0.1, 0.15) is 11.0 Å². The molecule has 0 amide bonds. The predicted molar refractivity (Wildman–Crippen MR) is 76.2 cm³/mol. The van der Waals surface area contributed by atoms with Gasteiger partial charge in [-0.3, -0.25) is 9.52 Å². The molecule has 0 saturated heterocycles. The van der Waals surface area contributed by atoms with Crippen molar-refractivity contribution >= 4 is 21.5 Å². The molecule has 0 aliphatic heterocycles. The summed E-state index contributed by atoms with van der Waals surface area (Å²) in [6.07, 6.45) is 1.33. The summed E-state index contributed by atoms with van der Waals surface area (Å²) >= 11 is 0. The summed E-state index contributed by atoms with van der Waals surface area (Å²) in [7, 11) is -4.00. The average Bonchev–Trinajstić information content (AvgIpc) is 2.47. The molecule has 0 aliphatic rings. The Morgan fingerprint density at radius 2 is 1.95 bits per heavy atom. The van der Waals surface area contributed by atoms with Crippen LogP contribution in [-0.2, 0) is 10.0 Å². The van der Waals surface area contributed by atoms with Gasteiger partial charge in [0.2, 0.25) is 0 Å². The molecule has 6 nitrogen and oxygen atoms in total. The first-order chi connectivity index (χ1) is 9.95. The number of pyridine rings is 1. The van der Waals surface area contributed by atoms with Crippen LogP contribution in [0.2, 0.25) is 0 Å². The van der Waals surface area contributed by atoms with Crippen molar-refractivity contribution in [2.45, 2.75) is 11.8 Å². The van der Waals surface area contributed by atoms with E-state index < -0.39 is 10.0 Å². The number of nitriles is 1. The fraction of sp³-hybridized carbons (Fsp3) is 0.0714. The van der Waals surface area contributed by atoms with Crippen molar-refractivity contribution in [3.63, 3.8) is 0 Å². The molecule has 2 rings (SSSR count). The molecule has 106 valence electrons. The van der Waals surface area contributed by atoms with E-state index in [0.29, 0.717) is 0 Å². The van der Waals surface area contributed by atoms with Crippen molar-refractivity contribution in [1.29, 1.82) is 5.26 Å². The molecule has 0 radical (unpaired) electrons. The molecular formula is C14H11N3O3S. The highest BCUT2D eigenvalue weighted by atomic mass is 32.2. The highest BCUT2D eigenvalue weighted by molar-refractivity contribution is 7.92. The largest absolute Gasteiger partial charge is 0.294 e. The second-order valence-electron chi connectivity index (χ2n) is 4.17. The van der Waals surface area contributed by atoms with Crippen molar-refractivity contribution in [1.82, 2.24) is 4.98 Å². The standard InChI is InChI=1S/C14H11N3O3S/c1-10(18)11-5-2-3-6-12(11)17-21(19,20)14-7-4-8-16-13(14)9-15/h2-8,17H,1H3. The molecule has 0 aliphatic carbocycles. The molecule has 0 unspecified atom stereocenters. The van der Waals surface area contributed by atoms with E-state index in [0.717, 1.165) is 0 Å². The molecule has 0 saturated carbocycles. The molecule has 0 atom stereocenters. The summed E-state index contributed by atoms with van der Waals surface area (Å²) in [5.41, 5.74) is 0.214. The fourth-order valence-electron chi connectivity index (χ4n) is 1.77. The quantitative estimate of drug-likeness (QED) is 0.870. The van der Waals surface area contributed by atoms with Gasteiger partial charge in [0.15, 0.2) is 11.5 Å². The number of sulfonamides is 1. The van der Waals surface area contributed by atoms with Gasteiger partial charge in [-0.1, -0.05) is 12.1 Å². The van der Waals surface area contributed by atoms with Gasteiger partial charge in [0.05, 0.1) is 5.69 Å². The number of para-hydroxylation sites is 1. The molecule has 2 aromatic rings. The summed E-state index contributed by atoms with van der Waals surface area (Å²) in [5.74, 6) is -0.264. The van der Waals surface area contributed by atoms with E-state index in [9.17, 15) is 13.2 Å². The minimum absolute atomic E-state index is 0.165. The number of hydrogen-bond acceptors (Lipinski definition) is 5. The predicted octanol–water partition coefficient (Wildman–Crippen LogP) is 1.96. The zero-order valence-electron chi connectivity index (χ0n) is 11.1. The smallest absolute Gasteiger partial charge is 0.264 e. The number of carbonyl (C=O) groups is 1. The Morgan fingerprint density at radius 1 is 1.24 bits per heavy atom. The first-order valence-electron chi connectivity index (χ1n) is 5.93. The summed E-state index contributed by atoms with van der Waals surface area (Å²) in [6.45, 7) is 1.35. The molecule has 1 heterocycles. The monoisotopic (exact) mass is 301 g/mol. The maximum atomic E-state index is 12.3. The second-order valence-corrected chi connectivity index (χ2v) is 5.82. The van der Waals surface area contributed by atoms with Gasteiger partial charge in [0.25, 0.3) is 10.0 Å². The second kappa shape index (κ2) is 5.73. The highest BCUT2D eigenvalue weighted by Gasteiger charge is 2.21. The number of nitrogens with zero attached hydrogens (tertiary/aromatic N) is 2. The van der Waals surface area contributed by atoms with Crippen molar-refractivity contribution in [3.05, 3.63) is 53.9 Å². The Bertz CT molecular complexity index is 839. The van der Waals surface area contributed by atoms with Gasteiger partial charge < -0.3 is 0 Å². The maximum Gasteiger partial charge on any atom is 0.264 e. The van der Waals surface area contributed by atoms with Crippen LogP contribution in [0, 0.1) is 11.3 Å². The lowest BCUT2D eigenvalue weighted by Gasteiger charge is -2.11. The Hall–Kier alpha value is -2.72. The van der Waals surface area contributed by atoms with Crippen LogP contribution in [0.5, 0.6) is 0 Å². The third kappa shape index (κ3) is 3.07. The Balaban J connectivity index is 2.49. The number of Topliss-reactive ketones (excluding diaryl/α,β-unsaturated/α-hetero) is 1. The van der Waals surface area contributed by atoms with Gasteiger partial charge in [-0.05, 0) is 31.2 Å². The number of benzene rings is 1. The van der Waals surface area contributed by atoms with Crippen LogP contribution in [0.4, 0.5) is 5.69 Å². The van der Waals surface area contributed by atoms with Crippen molar-refractivity contribution in [2.24, 2.45) is 0 Å². The zero-order valence-corrected chi connectivity index (χ0v) is 11.9. The zero-order chi connectivity index (χ0) is 15.5. The molecule has 0 spiro atoms. The van der Waals surface area contributed by atoms with Crippen molar-refractivity contribution < 1.29 is 13.2 Å². The summed E-state index contributed by atoms with van der Waals surface area (Å²) < 4.78 is 27.0. The van der Waals surface area contributed by atoms with Gasteiger partial charge in [-0.2, -0.15) is 5.26 Å². The Kier molecular flexibility index (Phi) is 4.00. The van der Waals surface area contributed by atoms with E-state index in [2.05, 4.69) is 9.71 Å². The van der Waals surface area contributed by atoms with Crippen LogP contribution in [0.3, 0.4) is 0 Å². The summed E-state index contributed by atoms with van der Waals surface area (Å²) in [5, 5.41) is 8.93. The van der Waals surface area contributed by atoms with E-state index in [-0.39, 0.29) is 27.6 Å². The van der Waals surface area contributed by atoms with Crippen LogP contribution in [0.1, 0.15) is 23.0 Å². The molecule has 21 heavy (non-hydrogen) atoms. The van der Waals surface area contributed by atoms with Crippen molar-refractivity contribution in [2.75, 3.05) is 4.72 Å². The van der Waals surface area contributed by atoms with Gasteiger partial charge in [-0.25, -0.2) is 13.4 Å². The lowest BCUT2D eigenvalue weighted by molar-refractivity contribution is 0.101. The molecule has 1 aromatic carbocycles. The lowest BCUT2D eigenvalue weighted by Crippen LogP contribution is -2.16. The Morgan fingerprint density at radius 3 is 2.62 bits per heavy atom. The number of nitrogens with one attached hydrogen (secondary N) is 1. The molecule has 7 heteroatoms. The summed E-state index contributed by atoms with van der Waals surface area (Å²) in [4.78, 5) is 15.0. The van der Waals surface area contributed by atoms with Gasteiger partial charge in [0, 0.05) is 11.8 Å². The van der Waals surface area contributed by atoms with Crippen LogP contribution in [0.15, 0.2) is 47.5 Å². The third-order valence-electron chi connectivity index (χ3n) is 2.72. The van der Waals surface area contributed by atoms with Crippen molar-refractivity contribution in [3.8, 4) is 6.07 Å². The van der Waals surface area contributed by atoms with E-state index in [4.69, 9.17) is 5.26 Å². The van der Waals surface area contributed by atoms with Crippen LogP contribution in [0.25, 0.3) is 0 Å². The topological polar surface area (TPSA) is 99.9 Å². The summed E-state index contributed by atoms with van der Waals surface area (Å²) in [6, 6.07) is 10.7. The minimum Gasteiger partial charge on any atom is -0.294 e. The first kappa shape index (κ1) is 14.7. The van der Waals surface area contributed by atoms with E-state index in [1.54, 1.807) is 18.2 Å². The van der Waals surface area contributed by atoms with Gasteiger partial charge in [-0.15, -0.1) is 0 Å². The van der Waals surface area contributed by atoms with Gasteiger partial charge >= 0.3 is 0 Å². The number of ketones is 1.